The minimum Gasteiger partial charge on any atom is -0.322 e. The van der Waals surface area contributed by atoms with Crippen molar-refractivity contribution in [2.75, 3.05) is 38.0 Å². The van der Waals surface area contributed by atoms with E-state index in [0.717, 1.165) is 32.7 Å². The van der Waals surface area contributed by atoms with E-state index in [2.05, 4.69) is 17.1 Å². The number of amides is 2. The second-order valence-corrected chi connectivity index (χ2v) is 6.43. The lowest BCUT2D eigenvalue weighted by Crippen LogP contribution is -2.50. The average molecular weight is 344 g/mol. The van der Waals surface area contributed by atoms with Crippen molar-refractivity contribution in [3.63, 3.8) is 0 Å². The lowest BCUT2D eigenvalue weighted by Gasteiger charge is -2.34. The molecule has 0 aliphatic carbocycles. The summed E-state index contributed by atoms with van der Waals surface area (Å²) in [6.07, 6.45) is 3.75. The molecule has 0 unspecified atom stereocenters. The average Bonchev–Trinajstić information content (AvgIpc) is 2.52. The Bertz CT molecular complexity index is 502. The number of unbranched alkanes of at least 4 members (excludes halogenated alkanes) is 2. The van der Waals surface area contributed by atoms with E-state index in [0.29, 0.717) is 15.7 Å². The van der Waals surface area contributed by atoms with Crippen LogP contribution in [0.4, 0.5) is 10.5 Å². The van der Waals surface area contributed by atoms with Crippen molar-refractivity contribution < 1.29 is 4.79 Å². The molecule has 22 heavy (non-hydrogen) atoms. The van der Waals surface area contributed by atoms with Gasteiger partial charge in [-0.1, -0.05) is 43.0 Å². The van der Waals surface area contributed by atoms with Gasteiger partial charge in [0.05, 0.1) is 10.7 Å². The van der Waals surface area contributed by atoms with E-state index >= 15 is 0 Å². The van der Waals surface area contributed by atoms with Crippen molar-refractivity contribution in [3.05, 3.63) is 28.2 Å². The number of rotatable bonds is 5. The third kappa shape index (κ3) is 5.04. The Labute approximate surface area is 142 Å². The Morgan fingerprint density at radius 2 is 1.91 bits per heavy atom. The molecule has 0 radical (unpaired) electrons. The molecule has 1 aliphatic heterocycles. The fourth-order valence-corrected chi connectivity index (χ4v) is 2.88. The van der Waals surface area contributed by atoms with E-state index in [1.54, 1.807) is 18.2 Å². The third-order valence-electron chi connectivity index (χ3n) is 3.91. The first-order valence-corrected chi connectivity index (χ1v) is 8.59. The van der Waals surface area contributed by atoms with Crippen molar-refractivity contribution in [3.8, 4) is 0 Å². The number of hydrogen-bond donors (Lipinski definition) is 1. The standard InChI is InChI=1S/C16H23Cl2N3O/c1-2-3-4-7-20-8-10-21(11-9-20)16(22)19-15-12-13(17)5-6-14(15)18/h5-6,12H,2-4,7-11H2,1H3,(H,19,22). The van der Waals surface area contributed by atoms with E-state index < -0.39 is 0 Å². The molecule has 0 spiro atoms. The highest BCUT2D eigenvalue weighted by atomic mass is 35.5. The van der Waals surface area contributed by atoms with Crippen molar-refractivity contribution >= 4 is 34.9 Å². The predicted octanol–water partition coefficient (Wildman–Crippen LogP) is 4.33. The van der Waals surface area contributed by atoms with E-state index in [1.165, 1.54) is 19.3 Å². The fraction of sp³-hybridized carbons (Fsp3) is 0.562. The number of nitrogens with one attached hydrogen (secondary N) is 1. The van der Waals surface area contributed by atoms with E-state index in [1.807, 2.05) is 4.90 Å². The Hall–Kier alpha value is -0.970. The monoisotopic (exact) mass is 343 g/mol. The number of piperazine rings is 1. The first-order chi connectivity index (χ1) is 10.6. The van der Waals surface area contributed by atoms with Crippen LogP contribution in [0.2, 0.25) is 10.0 Å². The molecule has 4 nitrogen and oxygen atoms in total. The van der Waals surface area contributed by atoms with Crippen LogP contribution < -0.4 is 5.32 Å². The molecule has 2 rings (SSSR count). The van der Waals surface area contributed by atoms with Crippen LogP contribution in [0.3, 0.4) is 0 Å². The van der Waals surface area contributed by atoms with Gasteiger partial charge in [0.25, 0.3) is 0 Å². The summed E-state index contributed by atoms with van der Waals surface area (Å²) in [5.41, 5.74) is 0.560. The minimum atomic E-state index is -0.114. The van der Waals surface area contributed by atoms with Crippen LogP contribution in [-0.2, 0) is 0 Å². The minimum absolute atomic E-state index is 0.114. The zero-order chi connectivity index (χ0) is 15.9. The largest absolute Gasteiger partial charge is 0.322 e. The highest BCUT2D eigenvalue weighted by Gasteiger charge is 2.21. The first kappa shape index (κ1) is 17.4. The van der Waals surface area contributed by atoms with Crippen LogP contribution in [0.1, 0.15) is 26.2 Å². The normalized spacial score (nSPS) is 15.9. The molecule has 1 aromatic carbocycles. The molecular weight excluding hydrogens is 321 g/mol. The molecular formula is C16H23Cl2N3O. The van der Waals surface area contributed by atoms with Gasteiger partial charge in [0.2, 0.25) is 0 Å². The lowest BCUT2D eigenvalue weighted by molar-refractivity contribution is 0.146. The zero-order valence-corrected chi connectivity index (χ0v) is 14.5. The van der Waals surface area contributed by atoms with Crippen LogP contribution >= 0.6 is 23.2 Å². The molecule has 2 amide bonds. The SMILES string of the molecule is CCCCCN1CCN(C(=O)Nc2cc(Cl)ccc2Cl)CC1. The highest BCUT2D eigenvalue weighted by molar-refractivity contribution is 6.35. The number of carbonyl (C=O) groups excluding carboxylic acids is 1. The molecule has 0 saturated carbocycles. The Morgan fingerprint density at radius 3 is 2.59 bits per heavy atom. The summed E-state index contributed by atoms with van der Waals surface area (Å²) in [6.45, 7) is 6.69. The summed E-state index contributed by atoms with van der Waals surface area (Å²) in [5.74, 6) is 0. The molecule has 0 bridgehead atoms. The summed E-state index contributed by atoms with van der Waals surface area (Å²) < 4.78 is 0. The Balaban J connectivity index is 1.81. The van der Waals surface area contributed by atoms with E-state index in [4.69, 9.17) is 23.2 Å². The first-order valence-electron chi connectivity index (χ1n) is 7.83. The van der Waals surface area contributed by atoms with Gasteiger partial charge in [-0.2, -0.15) is 0 Å². The lowest BCUT2D eigenvalue weighted by atomic mass is 10.2. The number of urea groups is 1. The summed E-state index contributed by atoms with van der Waals surface area (Å²) in [7, 11) is 0. The number of hydrogen-bond acceptors (Lipinski definition) is 2. The smallest absolute Gasteiger partial charge is 0.321 e. The maximum atomic E-state index is 12.3. The fourth-order valence-electron chi connectivity index (χ4n) is 2.55. The summed E-state index contributed by atoms with van der Waals surface area (Å²) in [6, 6.07) is 4.94. The van der Waals surface area contributed by atoms with Gasteiger partial charge in [0, 0.05) is 31.2 Å². The molecule has 1 fully saturated rings. The van der Waals surface area contributed by atoms with Crippen LogP contribution in [0, 0.1) is 0 Å². The van der Waals surface area contributed by atoms with Crippen LogP contribution in [-0.4, -0.2) is 48.6 Å². The topological polar surface area (TPSA) is 35.6 Å². The predicted molar refractivity (Wildman–Crippen MR) is 93.0 cm³/mol. The van der Waals surface area contributed by atoms with Gasteiger partial charge >= 0.3 is 6.03 Å². The van der Waals surface area contributed by atoms with Gasteiger partial charge in [-0.05, 0) is 31.2 Å². The van der Waals surface area contributed by atoms with Gasteiger partial charge < -0.3 is 10.2 Å². The van der Waals surface area contributed by atoms with Gasteiger partial charge in [-0.3, -0.25) is 4.90 Å². The van der Waals surface area contributed by atoms with Crippen molar-refractivity contribution in [1.29, 1.82) is 0 Å². The zero-order valence-electron chi connectivity index (χ0n) is 12.9. The summed E-state index contributed by atoms with van der Waals surface area (Å²) in [5, 5.41) is 3.89. The molecule has 1 aromatic rings. The number of benzene rings is 1. The number of halogens is 2. The third-order valence-corrected chi connectivity index (χ3v) is 4.47. The molecule has 1 aliphatic rings. The highest BCUT2D eigenvalue weighted by Crippen LogP contribution is 2.25. The van der Waals surface area contributed by atoms with E-state index in [-0.39, 0.29) is 6.03 Å². The number of anilines is 1. The quantitative estimate of drug-likeness (QED) is 0.807. The summed E-state index contributed by atoms with van der Waals surface area (Å²) in [4.78, 5) is 16.5. The van der Waals surface area contributed by atoms with Crippen LogP contribution in [0.25, 0.3) is 0 Å². The van der Waals surface area contributed by atoms with E-state index in [9.17, 15) is 4.79 Å². The van der Waals surface area contributed by atoms with Gasteiger partial charge in [-0.25, -0.2) is 4.79 Å². The Kier molecular flexibility index (Phi) is 6.80. The second-order valence-electron chi connectivity index (χ2n) is 5.59. The Morgan fingerprint density at radius 1 is 1.18 bits per heavy atom. The molecule has 1 heterocycles. The molecule has 1 N–H and O–H groups in total. The maximum Gasteiger partial charge on any atom is 0.321 e. The molecule has 0 atom stereocenters. The summed E-state index contributed by atoms with van der Waals surface area (Å²) >= 11 is 12.0. The van der Waals surface area contributed by atoms with Crippen molar-refractivity contribution in [2.45, 2.75) is 26.2 Å². The van der Waals surface area contributed by atoms with Gasteiger partial charge in [0.15, 0.2) is 0 Å². The van der Waals surface area contributed by atoms with Crippen molar-refractivity contribution in [2.24, 2.45) is 0 Å². The second kappa shape index (κ2) is 8.61. The van der Waals surface area contributed by atoms with Crippen LogP contribution in [0.5, 0.6) is 0 Å². The number of nitrogens with zero attached hydrogens (tertiary/aromatic N) is 2. The maximum absolute atomic E-state index is 12.3. The molecule has 122 valence electrons. The molecule has 0 aromatic heterocycles. The van der Waals surface area contributed by atoms with Crippen LogP contribution in [0.15, 0.2) is 18.2 Å². The molecule has 1 saturated heterocycles. The molecule has 6 heteroatoms. The number of carbonyl (C=O) groups is 1. The van der Waals surface area contributed by atoms with Gasteiger partial charge in [0.1, 0.15) is 0 Å². The van der Waals surface area contributed by atoms with Crippen molar-refractivity contribution in [1.82, 2.24) is 9.80 Å². The van der Waals surface area contributed by atoms with Gasteiger partial charge in [-0.15, -0.1) is 0 Å².